The zero-order valence-electron chi connectivity index (χ0n) is 19.0. The lowest BCUT2D eigenvalue weighted by atomic mass is 10.1. The van der Waals surface area contributed by atoms with E-state index in [2.05, 4.69) is 10.2 Å². The van der Waals surface area contributed by atoms with Gasteiger partial charge in [-0.25, -0.2) is 13.2 Å². The molecule has 1 fully saturated rings. The first-order valence-electron chi connectivity index (χ1n) is 10.7. The molecule has 1 heterocycles. The first kappa shape index (κ1) is 24.0. The lowest BCUT2D eigenvalue weighted by molar-refractivity contribution is -0.138. The number of likely N-dealkylation sites (tertiary alicyclic amines) is 1. The standard InChI is InChI=1S/C24H31N3O4S/c1-5-31-24(28)18(2)16-19-6-8-20(9-7-19)25-21-10-12-23(13-11-21)32(29,30)27(4)22-14-15-26(3)17-22/h6-13,16,22,25H,5,14-15,17H2,1-4H3. The van der Waals surface area contributed by atoms with Gasteiger partial charge in [0.2, 0.25) is 10.0 Å². The van der Waals surface area contributed by atoms with Crippen LogP contribution in [0.5, 0.6) is 0 Å². The maximum absolute atomic E-state index is 13.0. The number of carbonyl (C=O) groups is 1. The summed E-state index contributed by atoms with van der Waals surface area (Å²) >= 11 is 0. The highest BCUT2D eigenvalue weighted by molar-refractivity contribution is 7.89. The van der Waals surface area contributed by atoms with Crippen LogP contribution in [-0.4, -0.2) is 63.4 Å². The number of hydrogen-bond acceptors (Lipinski definition) is 6. The Morgan fingerprint density at radius 3 is 2.28 bits per heavy atom. The molecule has 0 saturated carbocycles. The first-order valence-corrected chi connectivity index (χ1v) is 12.1. The van der Waals surface area contributed by atoms with Crippen LogP contribution in [-0.2, 0) is 19.6 Å². The molecule has 1 aliphatic heterocycles. The zero-order valence-corrected chi connectivity index (χ0v) is 19.9. The summed E-state index contributed by atoms with van der Waals surface area (Å²) in [5, 5.41) is 3.27. The Labute approximate surface area is 190 Å². The largest absolute Gasteiger partial charge is 0.463 e. The van der Waals surface area contributed by atoms with Gasteiger partial charge in [0.25, 0.3) is 0 Å². The van der Waals surface area contributed by atoms with Crippen molar-refractivity contribution >= 4 is 33.4 Å². The molecule has 0 radical (unpaired) electrons. The Hall–Kier alpha value is -2.68. The van der Waals surface area contributed by atoms with Crippen molar-refractivity contribution in [2.45, 2.75) is 31.2 Å². The molecule has 7 nitrogen and oxygen atoms in total. The fourth-order valence-electron chi connectivity index (χ4n) is 3.66. The SMILES string of the molecule is CCOC(=O)C(C)=Cc1ccc(Nc2ccc(S(=O)(=O)N(C)C3CCN(C)C3)cc2)cc1. The van der Waals surface area contributed by atoms with Crippen LogP contribution in [0.25, 0.3) is 6.08 Å². The number of carbonyl (C=O) groups excluding carboxylic acids is 1. The number of rotatable bonds is 8. The average molecular weight is 458 g/mol. The van der Waals surface area contributed by atoms with Crippen LogP contribution < -0.4 is 5.32 Å². The maximum Gasteiger partial charge on any atom is 0.333 e. The smallest absolute Gasteiger partial charge is 0.333 e. The Bertz CT molecular complexity index is 1060. The fourth-order valence-corrected chi connectivity index (χ4v) is 5.04. The molecule has 2 aromatic rings. The van der Waals surface area contributed by atoms with Gasteiger partial charge in [-0.3, -0.25) is 0 Å². The van der Waals surface area contributed by atoms with E-state index in [1.54, 1.807) is 51.2 Å². The second kappa shape index (κ2) is 10.3. The van der Waals surface area contributed by atoms with E-state index in [-0.39, 0.29) is 16.9 Å². The van der Waals surface area contributed by atoms with Crippen LogP contribution >= 0.6 is 0 Å². The van der Waals surface area contributed by atoms with Gasteiger partial charge in [-0.2, -0.15) is 4.31 Å². The van der Waals surface area contributed by atoms with Gasteiger partial charge in [-0.15, -0.1) is 0 Å². The minimum atomic E-state index is -3.53. The third-order valence-corrected chi connectivity index (χ3v) is 7.52. The number of nitrogens with zero attached hydrogens (tertiary/aromatic N) is 2. The van der Waals surface area contributed by atoms with Crippen molar-refractivity contribution in [3.05, 3.63) is 59.7 Å². The van der Waals surface area contributed by atoms with Gasteiger partial charge < -0.3 is 15.0 Å². The Morgan fingerprint density at radius 2 is 1.75 bits per heavy atom. The van der Waals surface area contributed by atoms with Crippen molar-refractivity contribution in [1.82, 2.24) is 9.21 Å². The molecule has 1 unspecified atom stereocenters. The molecule has 1 atom stereocenters. The van der Waals surface area contributed by atoms with Crippen molar-refractivity contribution < 1.29 is 17.9 Å². The normalized spacial score (nSPS) is 17.5. The molecular formula is C24H31N3O4S. The van der Waals surface area contributed by atoms with Crippen molar-refractivity contribution in [3.63, 3.8) is 0 Å². The Kier molecular flexibility index (Phi) is 7.71. The minimum absolute atomic E-state index is 0.00262. The van der Waals surface area contributed by atoms with Crippen molar-refractivity contribution in [2.24, 2.45) is 0 Å². The summed E-state index contributed by atoms with van der Waals surface area (Å²) in [6, 6.07) is 14.4. The second-order valence-corrected chi connectivity index (χ2v) is 10.0. The van der Waals surface area contributed by atoms with Crippen LogP contribution in [0.2, 0.25) is 0 Å². The third kappa shape index (κ3) is 5.76. The first-order chi connectivity index (χ1) is 15.2. The molecule has 1 N–H and O–H groups in total. The summed E-state index contributed by atoms with van der Waals surface area (Å²) in [5.74, 6) is -0.324. The van der Waals surface area contributed by atoms with Crippen LogP contribution in [0, 0.1) is 0 Å². The van der Waals surface area contributed by atoms with Gasteiger partial charge in [0, 0.05) is 36.6 Å². The van der Waals surface area contributed by atoms with Gasteiger partial charge >= 0.3 is 5.97 Å². The monoisotopic (exact) mass is 457 g/mol. The average Bonchev–Trinajstić information content (AvgIpc) is 3.21. The highest BCUT2D eigenvalue weighted by Gasteiger charge is 2.31. The Balaban J connectivity index is 1.65. The second-order valence-electron chi connectivity index (χ2n) is 8.05. The van der Waals surface area contributed by atoms with Gasteiger partial charge in [0.05, 0.1) is 11.5 Å². The van der Waals surface area contributed by atoms with Crippen LogP contribution in [0.15, 0.2) is 59.0 Å². The van der Waals surface area contributed by atoms with Crippen LogP contribution in [0.3, 0.4) is 0 Å². The molecule has 0 aromatic heterocycles. The summed E-state index contributed by atoms with van der Waals surface area (Å²) in [5.41, 5.74) is 3.08. The fraction of sp³-hybridized carbons (Fsp3) is 0.375. The number of sulfonamides is 1. The van der Waals surface area contributed by atoms with E-state index >= 15 is 0 Å². The van der Waals surface area contributed by atoms with Gasteiger partial charge in [0.1, 0.15) is 0 Å². The van der Waals surface area contributed by atoms with Crippen LogP contribution in [0.1, 0.15) is 25.8 Å². The topological polar surface area (TPSA) is 78.9 Å². The molecule has 32 heavy (non-hydrogen) atoms. The summed E-state index contributed by atoms with van der Waals surface area (Å²) in [6.07, 6.45) is 2.62. The summed E-state index contributed by atoms with van der Waals surface area (Å²) in [4.78, 5) is 14.2. The Morgan fingerprint density at radius 1 is 1.16 bits per heavy atom. The molecule has 1 saturated heterocycles. The molecule has 3 rings (SSSR count). The predicted octanol–water partition coefficient (Wildman–Crippen LogP) is 3.72. The molecule has 172 valence electrons. The van der Waals surface area contributed by atoms with E-state index in [0.29, 0.717) is 12.2 Å². The van der Waals surface area contributed by atoms with E-state index in [4.69, 9.17) is 4.74 Å². The van der Waals surface area contributed by atoms with Crippen LogP contribution in [0.4, 0.5) is 11.4 Å². The van der Waals surface area contributed by atoms with E-state index in [1.165, 1.54) is 4.31 Å². The molecule has 0 aliphatic carbocycles. The lowest BCUT2D eigenvalue weighted by Gasteiger charge is -2.24. The van der Waals surface area contributed by atoms with Gasteiger partial charge in [0.15, 0.2) is 0 Å². The number of benzene rings is 2. The minimum Gasteiger partial charge on any atom is -0.463 e. The highest BCUT2D eigenvalue weighted by Crippen LogP contribution is 2.24. The predicted molar refractivity (Wildman–Crippen MR) is 127 cm³/mol. The van der Waals surface area contributed by atoms with E-state index in [9.17, 15) is 13.2 Å². The highest BCUT2D eigenvalue weighted by atomic mass is 32.2. The number of anilines is 2. The van der Waals surface area contributed by atoms with Crippen molar-refractivity contribution in [3.8, 4) is 0 Å². The van der Waals surface area contributed by atoms with E-state index < -0.39 is 10.0 Å². The van der Waals surface area contributed by atoms with Gasteiger partial charge in [-0.1, -0.05) is 12.1 Å². The molecule has 2 aromatic carbocycles. The maximum atomic E-state index is 13.0. The number of likely N-dealkylation sites (N-methyl/N-ethyl adjacent to an activating group) is 2. The van der Waals surface area contributed by atoms with Gasteiger partial charge in [-0.05, 0) is 81.9 Å². The summed E-state index contributed by atoms with van der Waals surface area (Å²) in [7, 11) is 0.134. The number of nitrogens with one attached hydrogen (secondary N) is 1. The van der Waals surface area contributed by atoms with Crippen molar-refractivity contribution in [1.29, 1.82) is 0 Å². The number of hydrogen-bond donors (Lipinski definition) is 1. The lowest BCUT2D eigenvalue weighted by Crippen LogP contribution is -2.38. The molecule has 0 spiro atoms. The number of ether oxygens (including phenoxy) is 1. The number of esters is 1. The molecule has 0 bridgehead atoms. The molecule has 1 aliphatic rings. The quantitative estimate of drug-likeness (QED) is 0.481. The molecule has 8 heteroatoms. The third-order valence-electron chi connectivity index (χ3n) is 5.59. The zero-order chi connectivity index (χ0) is 23.3. The van der Waals surface area contributed by atoms with E-state index in [1.807, 2.05) is 31.3 Å². The summed E-state index contributed by atoms with van der Waals surface area (Å²) < 4.78 is 32.4. The molecular weight excluding hydrogens is 426 g/mol. The molecule has 0 amide bonds. The van der Waals surface area contributed by atoms with E-state index in [0.717, 1.165) is 36.4 Å². The van der Waals surface area contributed by atoms with Crippen molar-refractivity contribution in [2.75, 3.05) is 39.1 Å². The summed E-state index contributed by atoms with van der Waals surface area (Å²) in [6.45, 7) is 5.51.